The lowest BCUT2D eigenvalue weighted by Crippen LogP contribution is -2.15. The van der Waals surface area contributed by atoms with Crippen molar-refractivity contribution in [2.24, 2.45) is 5.92 Å². The second kappa shape index (κ2) is 4.30. The van der Waals surface area contributed by atoms with Crippen LogP contribution in [0.2, 0.25) is 0 Å². The SMILES string of the molecule is CC(C)CC(=O)Nc1nnc2ccccn12. The van der Waals surface area contributed by atoms with Crippen molar-refractivity contribution in [2.45, 2.75) is 20.3 Å². The first-order chi connectivity index (χ1) is 7.66. The molecular weight excluding hydrogens is 204 g/mol. The lowest BCUT2D eigenvalue weighted by Gasteiger charge is -2.04. The largest absolute Gasteiger partial charge is 0.294 e. The van der Waals surface area contributed by atoms with Crippen molar-refractivity contribution < 1.29 is 4.79 Å². The maximum atomic E-state index is 11.6. The van der Waals surface area contributed by atoms with Gasteiger partial charge in [-0.1, -0.05) is 19.9 Å². The van der Waals surface area contributed by atoms with Gasteiger partial charge in [-0.2, -0.15) is 0 Å². The molecule has 0 aliphatic rings. The number of carbonyl (C=O) groups excluding carboxylic acids is 1. The summed E-state index contributed by atoms with van der Waals surface area (Å²) >= 11 is 0. The molecule has 84 valence electrons. The van der Waals surface area contributed by atoms with Gasteiger partial charge < -0.3 is 0 Å². The average Bonchev–Trinajstić information content (AvgIpc) is 2.61. The van der Waals surface area contributed by atoms with Gasteiger partial charge in [-0.25, -0.2) is 0 Å². The number of fused-ring (bicyclic) bond motifs is 1. The van der Waals surface area contributed by atoms with Crippen LogP contribution in [0.3, 0.4) is 0 Å². The summed E-state index contributed by atoms with van der Waals surface area (Å²) in [4.78, 5) is 11.6. The van der Waals surface area contributed by atoms with Crippen molar-refractivity contribution in [2.75, 3.05) is 5.32 Å². The lowest BCUT2D eigenvalue weighted by molar-refractivity contribution is -0.116. The molecule has 0 aromatic carbocycles. The third-order valence-corrected chi connectivity index (χ3v) is 2.16. The number of rotatable bonds is 3. The zero-order valence-electron chi connectivity index (χ0n) is 9.34. The average molecular weight is 218 g/mol. The number of hydrogen-bond acceptors (Lipinski definition) is 3. The van der Waals surface area contributed by atoms with Gasteiger partial charge in [0.25, 0.3) is 0 Å². The Morgan fingerprint density at radius 3 is 3.00 bits per heavy atom. The second-order valence-electron chi connectivity index (χ2n) is 4.10. The molecule has 0 spiro atoms. The van der Waals surface area contributed by atoms with E-state index in [9.17, 15) is 4.79 Å². The van der Waals surface area contributed by atoms with Crippen LogP contribution in [0.4, 0.5) is 5.95 Å². The molecule has 0 fully saturated rings. The summed E-state index contributed by atoms with van der Waals surface area (Å²) in [5.41, 5.74) is 0.724. The highest BCUT2D eigenvalue weighted by molar-refractivity contribution is 5.89. The molecule has 0 radical (unpaired) electrons. The van der Waals surface area contributed by atoms with Crippen molar-refractivity contribution in [1.82, 2.24) is 14.6 Å². The fourth-order valence-corrected chi connectivity index (χ4v) is 1.47. The van der Waals surface area contributed by atoms with Gasteiger partial charge in [0.1, 0.15) is 0 Å². The number of nitrogens with one attached hydrogen (secondary N) is 1. The highest BCUT2D eigenvalue weighted by Crippen LogP contribution is 2.09. The first-order valence-corrected chi connectivity index (χ1v) is 5.26. The standard InChI is InChI=1S/C11H14N4O/c1-8(2)7-10(16)12-11-14-13-9-5-3-4-6-15(9)11/h3-6,8H,7H2,1-2H3,(H,12,14,16). The summed E-state index contributed by atoms with van der Waals surface area (Å²) in [6, 6.07) is 5.59. The number of carbonyl (C=O) groups is 1. The molecule has 0 atom stereocenters. The molecule has 5 heteroatoms. The smallest absolute Gasteiger partial charge is 0.235 e. The molecule has 2 aromatic rings. The predicted octanol–water partition coefficient (Wildman–Crippen LogP) is 1.71. The molecule has 2 aromatic heterocycles. The quantitative estimate of drug-likeness (QED) is 0.853. The van der Waals surface area contributed by atoms with E-state index in [-0.39, 0.29) is 5.91 Å². The number of anilines is 1. The molecule has 1 N–H and O–H groups in total. The summed E-state index contributed by atoms with van der Waals surface area (Å²) in [7, 11) is 0. The Labute approximate surface area is 93.5 Å². The maximum absolute atomic E-state index is 11.6. The van der Waals surface area contributed by atoms with E-state index in [2.05, 4.69) is 15.5 Å². The van der Waals surface area contributed by atoms with Gasteiger partial charge in [0.05, 0.1) is 0 Å². The van der Waals surface area contributed by atoms with E-state index in [0.717, 1.165) is 5.65 Å². The lowest BCUT2D eigenvalue weighted by atomic mass is 10.1. The van der Waals surface area contributed by atoms with E-state index < -0.39 is 0 Å². The Morgan fingerprint density at radius 2 is 2.25 bits per heavy atom. The predicted molar refractivity (Wildman–Crippen MR) is 61.1 cm³/mol. The van der Waals surface area contributed by atoms with E-state index >= 15 is 0 Å². The molecule has 0 saturated heterocycles. The molecule has 2 heterocycles. The molecule has 1 amide bonds. The van der Waals surface area contributed by atoms with Crippen molar-refractivity contribution in [3.05, 3.63) is 24.4 Å². The van der Waals surface area contributed by atoms with Gasteiger partial charge >= 0.3 is 0 Å². The van der Waals surface area contributed by atoms with Crippen LogP contribution in [0, 0.1) is 5.92 Å². The first-order valence-electron chi connectivity index (χ1n) is 5.26. The van der Waals surface area contributed by atoms with Gasteiger partial charge in [0.15, 0.2) is 5.65 Å². The van der Waals surface area contributed by atoms with E-state index in [1.54, 1.807) is 4.40 Å². The molecule has 0 bridgehead atoms. The molecular formula is C11H14N4O. The van der Waals surface area contributed by atoms with Crippen molar-refractivity contribution in [3.63, 3.8) is 0 Å². The van der Waals surface area contributed by atoms with E-state index in [4.69, 9.17) is 0 Å². The summed E-state index contributed by atoms with van der Waals surface area (Å²) in [5, 5.41) is 10.6. The summed E-state index contributed by atoms with van der Waals surface area (Å²) in [5.74, 6) is 0.772. The van der Waals surface area contributed by atoms with Gasteiger partial charge in [-0.05, 0) is 18.1 Å². The number of pyridine rings is 1. The monoisotopic (exact) mass is 218 g/mol. The number of amides is 1. The van der Waals surface area contributed by atoms with Crippen molar-refractivity contribution in [1.29, 1.82) is 0 Å². The zero-order chi connectivity index (χ0) is 11.5. The fourth-order valence-electron chi connectivity index (χ4n) is 1.47. The van der Waals surface area contributed by atoms with Crippen molar-refractivity contribution in [3.8, 4) is 0 Å². The molecule has 5 nitrogen and oxygen atoms in total. The number of aromatic nitrogens is 3. The number of hydrogen-bond donors (Lipinski definition) is 1. The Bertz CT molecular complexity index is 503. The summed E-state index contributed by atoms with van der Waals surface area (Å²) in [6.07, 6.45) is 2.31. The van der Waals surface area contributed by atoms with Crippen LogP contribution >= 0.6 is 0 Å². The van der Waals surface area contributed by atoms with Gasteiger partial charge in [-0.15, -0.1) is 10.2 Å². The minimum atomic E-state index is -0.0341. The van der Waals surface area contributed by atoms with Crippen LogP contribution in [0.1, 0.15) is 20.3 Å². The maximum Gasteiger partial charge on any atom is 0.235 e. The van der Waals surface area contributed by atoms with Crippen LogP contribution in [0.15, 0.2) is 24.4 Å². The van der Waals surface area contributed by atoms with Crippen LogP contribution < -0.4 is 5.32 Å². The minimum absolute atomic E-state index is 0.0341. The fraction of sp³-hybridized carbons (Fsp3) is 0.364. The van der Waals surface area contributed by atoms with Gasteiger partial charge in [0.2, 0.25) is 11.9 Å². The first kappa shape index (κ1) is 10.6. The molecule has 16 heavy (non-hydrogen) atoms. The van der Waals surface area contributed by atoms with Gasteiger partial charge in [0, 0.05) is 12.6 Å². The molecule has 0 unspecified atom stereocenters. The topological polar surface area (TPSA) is 59.3 Å². The highest BCUT2D eigenvalue weighted by atomic mass is 16.1. The Kier molecular flexibility index (Phi) is 2.85. The highest BCUT2D eigenvalue weighted by Gasteiger charge is 2.09. The molecule has 0 aliphatic carbocycles. The van der Waals surface area contributed by atoms with Crippen LogP contribution in [0.25, 0.3) is 5.65 Å². The van der Waals surface area contributed by atoms with Crippen LogP contribution in [0.5, 0.6) is 0 Å². The van der Waals surface area contributed by atoms with Crippen LogP contribution in [-0.2, 0) is 4.79 Å². The molecule has 0 aliphatic heterocycles. The zero-order valence-corrected chi connectivity index (χ0v) is 9.34. The normalized spacial score (nSPS) is 10.9. The minimum Gasteiger partial charge on any atom is -0.294 e. The summed E-state index contributed by atoms with van der Waals surface area (Å²) < 4.78 is 1.75. The summed E-state index contributed by atoms with van der Waals surface area (Å²) in [6.45, 7) is 4.00. The third kappa shape index (κ3) is 2.18. The number of nitrogens with zero attached hydrogens (tertiary/aromatic N) is 3. The van der Waals surface area contributed by atoms with Crippen molar-refractivity contribution >= 4 is 17.5 Å². The van der Waals surface area contributed by atoms with E-state index in [1.807, 2.05) is 38.2 Å². The molecule has 2 rings (SSSR count). The van der Waals surface area contributed by atoms with E-state index in [1.165, 1.54) is 0 Å². The Balaban J connectivity index is 2.18. The Morgan fingerprint density at radius 1 is 1.44 bits per heavy atom. The Hall–Kier alpha value is -1.91. The van der Waals surface area contributed by atoms with Crippen LogP contribution in [-0.4, -0.2) is 20.5 Å². The van der Waals surface area contributed by atoms with Gasteiger partial charge in [-0.3, -0.25) is 14.5 Å². The second-order valence-corrected chi connectivity index (χ2v) is 4.10. The van der Waals surface area contributed by atoms with E-state index in [0.29, 0.717) is 18.3 Å². The molecule has 0 saturated carbocycles. The third-order valence-electron chi connectivity index (χ3n) is 2.16.